The van der Waals surface area contributed by atoms with E-state index in [0.717, 1.165) is 23.5 Å². The van der Waals surface area contributed by atoms with Gasteiger partial charge in [-0.15, -0.1) is 0 Å². The minimum atomic E-state index is 0.166. The van der Waals surface area contributed by atoms with E-state index in [1.54, 1.807) is 4.90 Å². The molecule has 0 N–H and O–H groups in total. The summed E-state index contributed by atoms with van der Waals surface area (Å²) >= 11 is 10.3. The zero-order chi connectivity index (χ0) is 11.7. The monoisotopic (exact) mass is 255 g/mol. The van der Waals surface area contributed by atoms with Crippen LogP contribution in [-0.4, -0.2) is 18.2 Å². The van der Waals surface area contributed by atoms with Crippen molar-refractivity contribution in [3.05, 3.63) is 28.8 Å². The second-order valence-electron chi connectivity index (χ2n) is 4.19. The molecule has 2 nitrogen and oxygen atoms in total. The number of nitrogens with zero attached hydrogens (tertiary/aromatic N) is 1. The van der Waals surface area contributed by atoms with Gasteiger partial charge in [0.1, 0.15) is 0 Å². The first-order valence-corrected chi connectivity index (χ1v) is 6.30. The van der Waals surface area contributed by atoms with Gasteiger partial charge in [0, 0.05) is 23.7 Å². The summed E-state index contributed by atoms with van der Waals surface area (Å²) in [6.07, 6.45) is 0.592. The molecule has 1 unspecified atom stereocenters. The lowest BCUT2D eigenvalue weighted by Crippen LogP contribution is -2.24. The number of carbonyl (C=O) groups is 1. The molecule has 0 bridgehead atoms. The molecule has 16 heavy (non-hydrogen) atoms. The number of aryl methyl sites for hydroxylation is 1. The molecule has 2 rings (SSSR count). The maximum absolute atomic E-state index is 11.8. The molecule has 1 amide bonds. The molecule has 1 saturated heterocycles. The maximum Gasteiger partial charge on any atom is 0.227 e. The van der Waals surface area contributed by atoms with Crippen molar-refractivity contribution in [3.63, 3.8) is 0 Å². The molecule has 1 heterocycles. The molecule has 0 spiro atoms. The molecule has 1 aromatic carbocycles. The van der Waals surface area contributed by atoms with Crippen molar-refractivity contribution in [2.75, 3.05) is 17.2 Å². The van der Waals surface area contributed by atoms with Crippen LogP contribution in [0.25, 0.3) is 0 Å². The minimum Gasteiger partial charge on any atom is -0.312 e. The molecule has 4 heteroatoms. The Hall–Kier alpha value is -0.670. The topological polar surface area (TPSA) is 20.3 Å². The Kier molecular flexibility index (Phi) is 3.45. The number of hydrogen-bond donors (Lipinski definition) is 1. The molecule has 0 saturated carbocycles. The molecular formula is C12H14ClNOS. The zero-order valence-electron chi connectivity index (χ0n) is 9.11. The predicted octanol–water partition coefficient (Wildman–Crippen LogP) is 2.93. The highest BCUT2D eigenvalue weighted by Gasteiger charge is 2.29. The Bertz CT molecular complexity index is 421. The van der Waals surface area contributed by atoms with Gasteiger partial charge >= 0.3 is 0 Å². The highest BCUT2D eigenvalue weighted by molar-refractivity contribution is 7.80. The Labute approximate surface area is 106 Å². The number of halogens is 1. The van der Waals surface area contributed by atoms with Gasteiger partial charge in [0.2, 0.25) is 5.91 Å². The van der Waals surface area contributed by atoms with Crippen LogP contribution in [0.5, 0.6) is 0 Å². The van der Waals surface area contributed by atoms with Gasteiger partial charge < -0.3 is 4.90 Å². The third kappa shape index (κ3) is 2.20. The zero-order valence-corrected chi connectivity index (χ0v) is 10.8. The Morgan fingerprint density at radius 2 is 2.31 bits per heavy atom. The van der Waals surface area contributed by atoms with Gasteiger partial charge in [-0.05, 0) is 36.3 Å². The fourth-order valence-electron chi connectivity index (χ4n) is 1.90. The molecule has 0 aliphatic carbocycles. The molecule has 0 aromatic heterocycles. The number of amides is 1. The first-order chi connectivity index (χ1) is 7.61. The van der Waals surface area contributed by atoms with Crippen molar-refractivity contribution >= 4 is 35.8 Å². The highest BCUT2D eigenvalue weighted by Crippen LogP contribution is 2.28. The fraction of sp³-hybridized carbons (Fsp3) is 0.417. The van der Waals surface area contributed by atoms with Crippen molar-refractivity contribution in [3.8, 4) is 0 Å². The van der Waals surface area contributed by atoms with Crippen LogP contribution < -0.4 is 4.90 Å². The second kappa shape index (κ2) is 4.68. The SMILES string of the molecule is Cc1ccc(N2CC(CS)CC2=O)cc1Cl. The van der Waals surface area contributed by atoms with Gasteiger partial charge in [-0.25, -0.2) is 0 Å². The smallest absolute Gasteiger partial charge is 0.227 e. The van der Waals surface area contributed by atoms with E-state index < -0.39 is 0 Å². The van der Waals surface area contributed by atoms with Crippen LogP contribution in [0.1, 0.15) is 12.0 Å². The number of benzene rings is 1. The summed E-state index contributed by atoms with van der Waals surface area (Å²) in [4.78, 5) is 13.6. The van der Waals surface area contributed by atoms with E-state index in [-0.39, 0.29) is 5.91 Å². The normalized spacial score (nSPS) is 20.6. The average molecular weight is 256 g/mol. The fourth-order valence-corrected chi connectivity index (χ4v) is 2.32. The first kappa shape index (κ1) is 11.8. The second-order valence-corrected chi connectivity index (χ2v) is 4.96. The molecule has 1 fully saturated rings. The molecule has 0 radical (unpaired) electrons. The highest BCUT2D eigenvalue weighted by atomic mass is 35.5. The summed E-state index contributed by atoms with van der Waals surface area (Å²) < 4.78 is 0. The summed E-state index contributed by atoms with van der Waals surface area (Å²) in [6, 6.07) is 5.74. The van der Waals surface area contributed by atoms with Gasteiger partial charge in [0.25, 0.3) is 0 Å². The van der Waals surface area contributed by atoms with Gasteiger partial charge in [-0.1, -0.05) is 17.7 Å². The van der Waals surface area contributed by atoms with Gasteiger partial charge in [0.15, 0.2) is 0 Å². The lowest BCUT2D eigenvalue weighted by atomic mass is 10.1. The molecule has 1 aromatic rings. The van der Waals surface area contributed by atoms with E-state index in [0.29, 0.717) is 17.4 Å². The first-order valence-electron chi connectivity index (χ1n) is 5.29. The van der Waals surface area contributed by atoms with E-state index in [1.807, 2.05) is 25.1 Å². The Morgan fingerprint density at radius 1 is 1.56 bits per heavy atom. The lowest BCUT2D eigenvalue weighted by molar-refractivity contribution is -0.117. The van der Waals surface area contributed by atoms with Gasteiger partial charge in [-0.3, -0.25) is 4.79 Å². The van der Waals surface area contributed by atoms with Crippen LogP contribution in [0.4, 0.5) is 5.69 Å². The van der Waals surface area contributed by atoms with Crippen molar-refractivity contribution in [2.24, 2.45) is 5.92 Å². The van der Waals surface area contributed by atoms with Crippen molar-refractivity contribution in [2.45, 2.75) is 13.3 Å². The molecule has 1 aliphatic heterocycles. The van der Waals surface area contributed by atoms with Crippen LogP contribution in [-0.2, 0) is 4.79 Å². The quantitative estimate of drug-likeness (QED) is 0.806. The number of rotatable bonds is 2. The summed E-state index contributed by atoms with van der Waals surface area (Å²) in [7, 11) is 0. The summed E-state index contributed by atoms with van der Waals surface area (Å²) in [5.41, 5.74) is 1.92. The van der Waals surface area contributed by atoms with Crippen molar-refractivity contribution in [1.82, 2.24) is 0 Å². The van der Waals surface area contributed by atoms with E-state index in [9.17, 15) is 4.79 Å². The summed E-state index contributed by atoms with van der Waals surface area (Å²) in [5, 5.41) is 0.708. The summed E-state index contributed by atoms with van der Waals surface area (Å²) in [6.45, 7) is 2.70. The Balaban J connectivity index is 2.24. The minimum absolute atomic E-state index is 0.166. The molecule has 1 aliphatic rings. The molecule has 1 atom stereocenters. The number of carbonyl (C=O) groups excluding carboxylic acids is 1. The lowest BCUT2D eigenvalue weighted by Gasteiger charge is -2.17. The largest absolute Gasteiger partial charge is 0.312 e. The van der Waals surface area contributed by atoms with Gasteiger partial charge in [0.05, 0.1) is 0 Å². The van der Waals surface area contributed by atoms with Gasteiger partial charge in [-0.2, -0.15) is 12.6 Å². The van der Waals surface area contributed by atoms with Crippen LogP contribution in [0.15, 0.2) is 18.2 Å². The number of thiol groups is 1. The molecule has 86 valence electrons. The third-order valence-electron chi connectivity index (χ3n) is 2.93. The van der Waals surface area contributed by atoms with Crippen LogP contribution in [0.2, 0.25) is 5.02 Å². The van der Waals surface area contributed by atoms with E-state index in [4.69, 9.17) is 11.6 Å². The van der Waals surface area contributed by atoms with Crippen LogP contribution in [0, 0.1) is 12.8 Å². The number of hydrogen-bond acceptors (Lipinski definition) is 2. The molecular weight excluding hydrogens is 242 g/mol. The average Bonchev–Trinajstić information content (AvgIpc) is 2.64. The Morgan fingerprint density at radius 3 is 2.88 bits per heavy atom. The predicted molar refractivity (Wildman–Crippen MR) is 70.5 cm³/mol. The summed E-state index contributed by atoms with van der Waals surface area (Å²) in [5.74, 6) is 1.27. The van der Waals surface area contributed by atoms with E-state index >= 15 is 0 Å². The standard InChI is InChI=1S/C12H14ClNOS/c1-8-2-3-10(5-11(8)13)14-6-9(7-16)4-12(14)15/h2-3,5,9,16H,4,6-7H2,1H3. The van der Waals surface area contributed by atoms with E-state index in [2.05, 4.69) is 12.6 Å². The van der Waals surface area contributed by atoms with Crippen molar-refractivity contribution < 1.29 is 4.79 Å². The van der Waals surface area contributed by atoms with Crippen LogP contribution in [0.3, 0.4) is 0 Å². The van der Waals surface area contributed by atoms with Crippen molar-refractivity contribution in [1.29, 1.82) is 0 Å². The maximum atomic E-state index is 11.8. The van der Waals surface area contributed by atoms with E-state index in [1.165, 1.54) is 0 Å². The number of anilines is 1. The third-order valence-corrected chi connectivity index (χ3v) is 3.85. The van der Waals surface area contributed by atoms with Crippen LogP contribution >= 0.6 is 24.2 Å².